The number of hydrogen-bond acceptors (Lipinski definition) is 4. The van der Waals surface area contributed by atoms with Gasteiger partial charge in [0.2, 0.25) is 0 Å². The third kappa shape index (κ3) is 5.31. The van der Waals surface area contributed by atoms with E-state index in [1.54, 1.807) is 6.07 Å². The van der Waals surface area contributed by atoms with Crippen LogP contribution < -0.4 is 10.1 Å². The van der Waals surface area contributed by atoms with E-state index < -0.39 is 23.8 Å². The molecule has 2 rings (SSSR count). The topological polar surface area (TPSA) is 64.6 Å². The van der Waals surface area contributed by atoms with Crippen LogP contribution in [0.4, 0.5) is 10.1 Å². The molecule has 1 amide bonds. The quantitative estimate of drug-likeness (QED) is 0.799. The molecule has 5 nitrogen and oxygen atoms in total. The summed E-state index contributed by atoms with van der Waals surface area (Å²) >= 11 is 0. The molecule has 0 fully saturated rings. The second kappa shape index (κ2) is 8.47. The van der Waals surface area contributed by atoms with Crippen molar-refractivity contribution in [2.45, 2.75) is 33.8 Å². The Hall–Kier alpha value is -2.89. The maximum Gasteiger partial charge on any atom is 0.344 e. The Morgan fingerprint density at radius 2 is 1.77 bits per heavy atom. The minimum atomic E-state index is -1.03. The molecule has 0 aliphatic rings. The van der Waals surface area contributed by atoms with Crippen molar-refractivity contribution in [3.05, 3.63) is 58.9 Å². The molecule has 6 heteroatoms. The third-order valence-corrected chi connectivity index (χ3v) is 3.71. The molecule has 0 saturated carbocycles. The van der Waals surface area contributed by atoms with E-state index in [4.69, 9.17) is 9.47 Å². The van der Waals surface area contributed by atoms with Crippen LogP contribution in [0, 0.1) is 26.6 Å². The number of rotatable bonds is 6. The molecule has 1 atom stereocenters. The average molecular weight is 359 g/mol. The number of carbonyl (C=O) groups is 2. The van der Waals surface area contributed by atoms with Crippen LogP contribution >= 0.6 is 0 Å². The summed E-state index contributed by atoms with van der Waals surface area (Å²) in [6, 6.07) is 9.39. The van der Waals surface area contributed by atoms with Gasteiger partial charge in [0.05, 0.1) is 0 Å². The number of anilines is 1. The lowest BCUT2D eigenvalue weighted by Crippen LogP contribution is -2.31. The molecule has 0 saturated heterocycles. The molecule has 1 N–H and O–H groups in total. The molecule has 0 aliphatic carbocycles. The van der Waals surface area contributed by atoms with Gasteiger partial charge >= 0.3 is 5.97 Å². The summed E-state index contributed by atoms with van der Waals surface area (Å²) < 4.78 is 23.7. The Labute approximate surface area is 152 Å². The number of ether oxygens (including phenoxy) is 2. The Bertz CT molecular complexity index is 796. The van der Waals surface area contributed by atoms with Crippen molar-refractivity contribution in [3.8, 4) is 5.75 Å². The van der Waals surface area contributed by atoms with Crippen LogP contribution in [0.15, 0.2) is 36.4 Å². The zero-order valence-electron chi connectivity index (χ0n) is 15.3. The lowest BCUT2D eigenvalue weighted by molar-refractivity contribution is -0.155. The predicted molar refractivity (Wildman–Crippen MR) is 96.7 cm³/mol. The van der Waals surface area contributed by atoms with Crippen molar-refractivity contribution in [1.29, 1.82) is 0 Å². The SMILES string of the molecule is Cc1cc(C)c(OCC(=O)O[C@@H](C)C(=O)Nc2cccc(F)c2)c(C)c1. The first-order valence-electron chi connectivity index (χ1n) is 8.23. The Morgan fingerprint density at radius 3 is 2.38 bits per heavy atom. The molecule has 2 aromatic rings. The largest absolute Gasteiger partial charge is 0.481 e. The summed E-state index contributed by atoms with van der Waals surface area (Å²) in [5.74, 6) is -1.05. The number of aryl methyl sites for hydroxylation is 3. The first-order valence-corrected chi connectivity index (χ1v) is 8.23. The summed E-state index contributed by atoms with van der Waals surface area (Å²) in [7, 11) is 0. The first kappa shape index (κ1) is 19.4. The van der Waals surface area contributed by atoms with E-state index >= 15 is 0 Å². The van der Waals surface area contributed by atoms with Gasteiger partial charge in [-0.15, -0.1) is 0 Å². The minimum Gasteiger partial charge on any atom is -0.481 e. The highest BCUT2D eigenvalue weighted by atomic mass is 19.1. The van der Waals surface area contributed by atoms with Gasteiger partial charge in [0, 0.05) is 5.69 Å². The van der Waals surface area contributed by atoms with Gasteiger partial charge in [0.25, 0.3) is 5.91 Å². The highest BCUT2D eigenvalue weighted by molar-refractivity contribution is 5.95. The zero-order valence-corrected chi connectivity index (χ0v) is 15.3. The van der Waals surface area contributed by atoms with Crippen LogP contribution in [-0.2, 0) is 14.3 Å². The van der Waals surface area contributed by atoms with E-state index in [-0.39, 0.29) is 6.61 Å². The van der Waals surface area contributed by atoms with E-state index in [1.165, 1.54) is 25.1 Å². The van der Waals surface area contributed by atoms with Crippen LogP contribution in [0.25, 0.3) is 0 Å². The van der Waals surface area contributed by atoms with Crippen LogP contribution in [0.2, 0.25) is 0 Å². The normalized spacial score (nSPS) is 11.6. The molecular weight excluding hydrogens is 337 g/mol. The number of nitrogens with one attached hydrogen (secondary N) is 1. The number of halogens is 1. The number of esters is 1. The second-order valence-corrected chi connectivity index (χ2v) is 6.15. The van der Waals surface area contributed by atoms with Gasteiger partial charge in [-0.05, 0) is 57.0 Å². The monoisotopic (exact) mass is 359 g/mol. The van der Waals surface area contributed by atoms with Gasteiger partial charge in [-0.3, -0.25) is 4.79 Å². The van der Waals surface area contributed by atoms with E-state index in [2.05, 4.69) is 5.32 Å². The zero-order chi connectivity index (χ0) is 19.3. The fraction of sp³-hybridized carbons (Fsp3) is 0.300. The van der Waals surface area contributed by atoms with Gasteiger partial charge in [0.1, 0.15) is 11.6 Å². The molecule has 0 aromatic heterocycles. The summed E-state index contributed by atoms with van der Waals surface area (Å²) in [6.07, 6.45) is -1.03. The van der Waals surface area contributed by atoms with Crippen molar-refractivity contribution in [3.63, 3.8) is 0 Å². The van der Waals surface area contributed by atoms with E-state index in [1.807, 2.05) is 32.9 Å². The Morgan fingerprint density at radius 1 is 1.12 bits per heavy atom. The fourth-order valence-electron chi connectivity index (χ4n) is 2.62. The molecule has 0 radical (unpaired) electrons. The van der Waals surface area contributed by atoms with Crippen LogP contribution in [-0.4, -0.2) is 24.6 Å². The average Bonchev–Trinajstić information content (AvgIpc) is 2.53. The van der Waals surface area contributed by atoms with Gasteiger partial charge in [-0.25, -0.2) is 9.18 Å². The molecule has 2 aromatic carbocycles. The van der Waals surface area contributed by atoms with Gasteiger partial charge in [-0.1, -0.05) is 23.8 Å². The number of hydrogen-bond donors (Lipinski definition) is 1. The number of benzene rings is 2. The highest BCUT2D eigenvalue weighted by Gasteiger charge is 2.19. The Kier molecular flexibility index (Phi) is 6.33. The molecule has 0 aliphatic heterocycles. The van der Waals surface area contributed by atoms with Crippen LogP contribution in [0.5, 0.6) is 5.75 Å². The third-order valence-electron chi connectivity index (χ3n) is 3.71. The van der Waals surface area contributed by atoms with Crippen molar-refractivity contribution >= 4 is 17.6 Å². The fourth-order valence-corrected chi connectivity index (χ4v) is 2.62. The van der Waals surface area contributed by atoms with Crippen molar-refractivity contribution in [2.75, 3.05) is 11.9 Å². The highest BCUT2D eigenvalue weighted by Crippen LogP contribution is 2.24. The van der Waals surface area contributed by atoms with Crippen molar-refractivity contribution in [2.24, 2.45) is 0 Å². The molecule has 138 valence electrons. The maximum absolute atomic E-state index is 13.1. The summed E-state index contributed by atoms with van der Waals surface area (Å²) in [5, 5.41) is 2.49. The van der Waals surface area contributed by atoms with E-state index in [0.29, 0.717) is 11.4 Å². The molecule has 0 bridgehead atoms. The number of carbonyl (C=O) groups excluding carboxylic acids is 2. The Balaban J connectivity index is 1.88. The number of amides is 1. The smallest absolute Gasteiger partial charge is 0.344 e. The van der Waals surface area contributed by atoms with E-state index in [0.717, 1.165) is 16.7 Å². The summed E-state index contributed by atoms with van der Waals surface area (Å²) in [6.45, 7) is 6.92. The molecule has 26 heavy (non-hydrogen) atoms. The second-order valence-electron chi connectivity index (χ2n) is 6.15. The van der Waals surface area contributed by atoms with Crippen molar-refractivity contribution in [1.82, 2.24) is 0 Å². The first-order chi connectivity index (χ1) is 12.3. The lowest BCUT2D eigenvalue weighted by atomic mass is 10.1. The molecule has 0 unspecified atom stereocenters. The summed E-state index contributed by atoms with van der Waals surface area (Å²) in [5.41, 5.74) is 3.25. The van der Waals surface area contributed by atoms with Gasteiger partial charge < -0.3 is 14.8 Å². The van der Waals surface area contributed by atoms with Gasteiger partial charge in [0.15, 0.2) is 12.7 Å². The predicted octanol–water partition coefficient (Wildman–Crippen LogP) is 3.70. The molecule has 0 spiro atoms. The lowest BCUT2D eigenvalue weighted by Gasteiger charge is -2.15. The van der Waals surface area contributed by atoms with Crippen LogP contribution in [0.3, 0.4) is 0 Å². The van der Waals surface area contributed by atoms with Crippen LogP contribution in [0.1, 0.15) is 23.6 Å². The maximum atomic E-state index is 13.1. The standard InChI is InChI=1S/C20H22FNO4/c1-12-8-13(2)19(14(3)9-12)25-11-18(23)26-15(4)20(24)22-17-7-5-6-16(21)10-17/h5-10,15H,11H2,1-4H3,(H,22,24)/t15-/m0/s1. The van der Waals surface area contributed by atoms with Gasteiger partial charge in [-0.2, -0.15) is 0 Å². The van der Waals surface area contributed by atoms with Crippen molar-refractivity contribution < 1.29 is 23.5 Å². The molecule has 0 heterocycles. The van der Waals surface area contributed by atoms with E-state index in [9.17, 15) is 14.0 Å². The summed E-state index contributed by atoms with van der Waals surface area (Å²) in [4.78, 5) is 24.0. The molecular formula is C20H22FNO4. The minimum absolute atomic E-state index is 0.292.